The minimum absolute atomic E-state index is 0.192. The molecule has 0 saturated heterocycles. The van der Waals surface area contributed by atoms with Crippen LogP contribution in [-0.2, 0) is 6.42 Å². The molecule has 160 valence electrons. The highest BCUT2D eigenvalue weighted by Gasteiger charge is 2.22. The van der Waals surface area contributed by atoms with Gasteiger partial charge in [-0.3, -0.25) is 9.89 Å². The molecule has 4 aromatic rings. The highest BCUT2D eigenvalue weighted by atomic mass is 79.9. The van der Waals surface area contributed by atoms with Crippen LogP contribution in [0, 0.1) is 4.77 Å². The zero-order valence-electron chi connectivity index (χ0n) is 17.0. The monoisotopic (exact) mass is 505 g/mol. The Hall–Kier alpha value is -3.36. The van der Waals surface area contributed by atoms with Gasteiger partial charge in [-0.15, -0.1) is 0 Å². The van der Waals surface area contributed by atoms with Crippen LogP contribution in [0.3, 0.4) is 0 Å². The summed E-state index contributed by atoms with van der Waals surface area (Å²) in [6, 6.07) is 26.3. The first-order chi connectivity index (χ1) is 15.6. The number of carbonyl (C=O) groups is 1. The fraction of sp³-hybridized carbons (Fsp3) is 0.0833. The number of halogens is 1. The van der Waals surface area contributed by atoms with Gasteiger partial charge in [0.1, 0.15) is 0 Å². The second-order valence-electron chi connectivity index (χ2n) is 7.08. The summed E-state index contributed by atoms with van der Waals surface area (Å²) in [5.41, 5.74) is 2.53. The van der Waals surface area contributed by atoms with E-state index in [1.165, 1.54) is 0 Å². The van der Waals surface area contributed by atoms with Gasteiger partial charge in [0.05, 0.1) is 12.3 Å². The number of benzene rings is 3. The Kier molecular flexibility index (Phi) is 7.03. The number of H-pyrrole nitrogens is 1. The van der Waals surface area contributed by atoms with E-state index < -0.39 is 6.04 Å². The van der Waals surface area contributed by atoms with E-state index in [-0.39, 0.29) is 5.91 Å². The molecule has 1 aromatic heterocycles. The van der Waals surface area contributed by atoms with Gasteiger partial charge in [-0.25, -0.2) is 0 Å². The van der Waals surface area contributed by atoms with Crippen molar-refractivity contribution in [2.24, 2.45) is 5.10 Å². The van der Waals surface area contributed by atoms with Crippen LogP contribution in [0.1, 0.15) is 33.4 Å². The first kappa shape index (κ1) is 21.9. The third-order valence-electron chi connectivity index (χ3n) is 4.78. The number of aromatic amines is 1. The topological polar surface area (TPSA) is 75.1 Å². The van der Waals surface area contributed by atoms with Crippen molar-refractivity contribution in [1.82, 2.24) is 20.2 Å². The Labute approximate surface area is 199 Å². The summed E-state index contributed by atoms with van der Waals surface area (Å²) < 4.78 is 2.85. The molecule has 0 bridgehead atoms. The van der Waals surface area contributed by atoms with E-state index in [9.17, 15) is 4.79 Å². The molecule has 1 unspecified atom stereocenters. The molecule has 0 aliphatic heterocycles. The van der Waals surface area contributed by atoms with Crippen LogP contribution in [0.5, 0.6) is 0 Å². The minimum atomic E-state index is -0.447. The summed E-state index contributed by atoms with van der Waals surface area (Å²) in [5, 5.41) is 14.8. The predicted octanol–water partition coefficient (Wildman–Crippen LogP) is 5.30. The summed E-state index contributed by atoms with van der Waals surface area (Å²) in [5.74, 6) is 0.331. The minimum Gasteiger partial charge on any atom is -0.342 e. The summed E-state index contributed by atoms with van der Waals surface area (Å²) in [7, 11) is 0. The maximum atomic E-state index is 12.9. The van der Waals surface area contributed by atoms with Crippen LogP contribution < -0.4 is 5.32 Å². The average Bonchev–Trinajstić information content (AvgIpc) is 3.18. The Morgan fingerprint density at radius 2 is 1.81 bits per heavy atom. The van der Waals surface area contributed by atoms with Gasteiger partial charge >= 0.3 is 0 Å². The lowest BCUT2D eigenvalue weighted by molar-refractivity contribution is 0.0934. The van der Waals surface area contributed by atoms with Gasteiger partial charge in [-0.2, -0.15) is 14.9 Å². The number of hydrogen-bond donors (Lipinski definition) is 2. The van der Waals surface area contributed by atoms with Crippen molar-refractivity contribution in [3.8, 4) is 0 Å². The van der Waals surface area contributed by atoms with Crippen molar-refractivity contribution < 1.29 is 4.79 Å². The fourth-order valence-electron chi connectivity index (χ4n) is 3.24. The third kappa shape index (κ3) is 5.46. The molecule has 0 aliphatic rings. The number of amides is 1. The Morgan fingerprint density at radius 1 is 1.09 bits per heavy atom. The van der Waals surface area contributed by atoms with Crippen LogP contribution >= 0.6 is 28.1 Å². The quantitative estimate of drug-likeness (QED) is 0.264. The molecule has 8 heteroatoms. The second kappa shape index (κ2) is 10.3. The highest BCUT2D eigenvalue weighted by Crippen LogP contribution is 2.19. The number of nitrogens with zero attached hydrogens (tertiary/aromatic N) is 3. The van der Waals surface area contributed by atoms with Crippen molar-refractivity contribution >= 4 is 40.3 Å². The van der Waals surface area contributed by atoms with Crippen LogP contribution in [0.2, 0.25) is 0 Å². The van der Waals surface area contributed by atoms with Gasteiger partial charge < -0.3 is 5.32 Å². The van der Waals surface area contributed by atoms with E-state index in [2.05, 4.69) is 36.5 Å². The zero-order valence-corrected chi connectivity index (χ0v) is 19.4. The largest absolute Gasteiger partial charge is 0.342 e. The molecule has 4 rings (SSSR count). The summed E-state index contributed by atoms with van der Waals surface area (Å²) in [4.78, 5) is 12.9. The summed E-state index contributed by atoms with van der Waals surface area (Å²) in [6.45, 7) is 0. The molecule has 0 fully saturated rings. The van der Waals surface area contributed by atoms with Gasteiger partial charge in [0.2, 0.25) is 4.77 Å². The molecule has 3 aromatic carbocycles. The predicted molar refractivity (Wildman–Crippen MR) is 131 cm³/mol. The molecule has 2 N–H and O–H groups in total. The number of hydrogen-bond acceptors (Lipinski definition) is 4. The lowest BCUT2D eigenvalue weighted by atomic mass is 10.0. The van der Waals surface area contributed by atoms with E-state index in [0.29, 0.717) is 22.6 Å². The zero-order chi connectivity index (χ0) is 22.3. The van der Waals surface area contributed by atoms with E-state index >= 15 is 0 Å². The van der Waals surface area contributed by atoms with Crippen molar-refractivity contribution in [2.75, 3.05) is 0 Å². The van der Waals surface area contributed by atoms with E-state index in [0.717, 1.165) is 15.6 Å². The molecule has 1 heterocycles. The molecule has 0 saturated carbocycles. The molecule has 0 aliphatic carbocycles. The Bertz CT molecular complexity index is 1280. The number of rotatable bonds is 7. The average molecular weight is 506 g/mol. The Balaban J connectivity index is 1.68. The van der Waals surface area contributed by atoms with Crippen molar-refractivity contribution in [3.63, 3.8) is 0 Å². The molecule has 1 amide bonds. The van der Waals surface area contributed by atoms with E-state index in [1.807, 2.05) is 72.8 Å². The summed E-state index contributed by atoms with van der Waals surface area (Å²) >= 11 is 8.88. The van der Waals surface area contributed by atoms with Crippen LogP contribution in [-0.4, -0.2) is 27.0 Å². The standard InChI is InChI=1S/C24H20BrN5OS/c25-20-13-7-10-18(14-20)16-26-30-22(28-29-24(30)32)21(15-17-8-3-1-4-9-17)27-23(31)19-11-5-2-6-12-19/h1-14,16,21H,15H2,(H,27,31)(H,29,32). The molecule has 0 radical (unpaired) electrons. The second-order valence-corrected chi connectivity index (χ2v) is 8.38. The highest BCUT2D eigenvalue weighted by molar-refractivity contribution is 9.10. The van der Waals surface area contributed by atoms with E-state index in [4.69, 9.17) is 12.2 Å². The Morgan fingerprint density at radius 3 is 2.53 bits per heavy atom. The number of carbonyl (C=O) groups excluding carboxylic acids is 1. The van der Waals surface area contributed by atoms with Crippen LogP contribution in [0.25, 0.3) is 0 Å². The van der Waals surface area contributed by atoms with Crippen molar-refractivity contribution in [2.45, 2.75) is 12.5 Å². The fourth-order valence-corrected chi connectivity index (χ4v) is 3.84. The third-order valence-corrected chi connectivity index (χ3v) is 5.54. The van der Waals surface area contributed by atoms with Crippen molar-refractivity contribution in [1.29, 1.82) is 0 Å². The first-order valence-corrected chi connectivity index (χ1v) is 11.2. The van der Waals surface area contributed by atoms with Gasteiger partial charge in [0.25, 0.3) is 5.91 Å². The van der Waals surface area contributed by atoms with Gasteiger partial charge in [-0.1, -0.05) is 76.6 Å². The SMILES string of the molecule is O=C(NC(Cc1ccccc1)c1n[nH]c(=S)n1N=Cc1cccc(Br)c1)c1ccccc1. The number of aromatic nitrogens is 3. The van der Waals surface area contributed by atoms with Crippen LogP contribution in [0.15, 0.2) is 94.5 Å². The smallest absolute Gasteiger partial charge is 0.251 e. The molecule has 32 heavy (non-hydrogen) atoms. The van der Waals surface area contributed by atoms with Gasteiger partial charge in [-0.05, 0) is 47.6 Å². The lowest BCUT2D eigenvalue weighted by Crippen LogP contribution is -2.31. The first-order valence-electron chi connectivity index (χ1n) is 9.97. The normalized spacial score (nSPS) is 12.0. The lowest BCUT2D eigenvalue weighted by Gasteiger charge is -2.18. The molecular formula is C24H20BrN5OS. The molecule has 0 spiro atoms. The molecule has 1 atom stereocenters. The number of nitrogens with one attached hydrogen (secondary N) is 2. The summed E-state index contributed by atoms with van der Waals surface area (Å²) in [6.07, 6.45) is 2.24. The van der Waals surface area contributed by atoms with Gasteiger partial charge in [0.15, 0.2) is 5.82 Å². The maximum absolute atomic E-state index is 12.9. The molecule has 6 nitrogen and oxygen atoms in total. The van der Waals surface area contributed by atoms with Crippen molar-refractivity contribution in [3.05, 3.63) is 117 Å². The molecular weight excluding hydrogens is 486 g/mol. The van der Waals surface area contributed by atoms with Gasteiger partial charge in [0, 0.05) is 16.5 Å². The van der Waals surface area contributed by atoms with Crippen LogP contribution in [0.4, 0.5) is 0 Å². The maximum Gasteiger partial charge on any atom is 0.251 e. The van der Waals surface area contributed by atoms with E-state index in [1.54, 1.807) is 23.0 Å².